The molecule has 0 bridgehead atoms. The molecule has 1 saturated carbocycles. The van der Waals surface area contributed by atoms with Gasteiger partial charge in [0.15, 0.2) is 0 Å². The third-order valence-corrected chi connectivity index (χ3v) is 3.43. The smallest absolute Gasteiger partial charge is 0.0666 e. The average molecular weight is 319 g/mol. The second-order valence-corrected chi connectivity index (χ2v) is 5.88. The highest BCUT2D eigenvalue weighted by Crippen LogP contribution is 2.22. The Balaban J connectivity index is 1.97. The predicted octanol–water partition coefficient (Wildman–Crippen LogP) is 2.44. The summed E-state index contributed by atoms with van der Waals surface area (Å²) >= 11 is 2.31. The SMILES string of the molecule is CC(C)C(CNC1CC1)n1cc(I)cn1. The molecule has 1 heterocycles. The van der Waals surface area contributed by atoms with Gasteiger partial charge in [-0.3, -0.25) is 4.68 Å². The van der Waals surface area contributed by atoms with Crippen LogP contribution in [0.25, 0.3) is 0 Å². The van der Waals surface area contributed by atoms with Crippen LogP contribution in [0.5, 0.6) is 0 Å². The topological polar surface area (TPSA) is 29.9 Å². The third kappa shape index (κ3) is 3.17. The molecule has 1 atom stereocenters. The first-order valence-electron chi connectivity index (χ1n) is 5.60. The van der Waals surface area contributed by atoms with Gasteiger partial charge in [0.1, 0.15) is 0 Å². The summed E-state index contributed by atoms with van der Waals surface area (Å²) in [6, 6.07) is 1.26. The second-order valence-electron chi connectivity index (χ2n) is 4.63. The van der Waals surface area contributed by atoms with Gasteiger partial charge in [0.25, 0.3) is 0 Å². The highest BCUT2D eigenvalue weighted by molar-refractivity contribution is 14.1. The summed E-state index contributed by atoms with van der Waals surface area (Å²) in [5.41, 5.74) is 0. The van der Waals surface area contributed by atoms with Gasteiger partial charge in [-0.1, -0.05) is 13.8 Å². The maximum absolute atomic E-state index is 4.40. The van der Waals surface area contributed by atoms with Crippen molar-refractivity contribution in [3.8, 4) is 0 Å². The molecule has 3 nitrogen and oxygen atoms in total. The molecule has 1 unspecified atom stereocenters. The molecule has 2 rings (SSSR count). The van der Waals surface area contributed by atoms with Gasteiger partial charge in [-0.2, -0.15) is 5.10 Å². The van der Waals surface area contributed by atoms with Crippen LogP contribution in [0.15, 0.2) is 12.4 Å². The van der Waals surface area contributed by atoms with E-state index in [1.165, 1.54) is 16.4 Å². The fourth-order valence-corrected chi connectivity index (χ4v) is 2.12. The molecule has 0 aromatic carbocycles. The Labute approximate surface area is 105 Å². The molecular formula is C11H18IN3. The summed E-state index contributed by atoms with van der Waals surface area (Å²) < 4.78 is 3.31. The van der Waals surface area contributed by atoms with Crippen LogP contribution in [0.3, 0.4) is 0 Å². The molecule has 4 heteroatoms. The lowest BCUT2D eigenvalue weighted by atomic mass is 10.0. The fourth-order valence-electron chi connectivity index (χ4n) is 1.71. The molecule has 0 radical (unpaired) electrons. The Morgan fingerprint density at radius 3 is 2.80 bits per heavy atom. The minimum absolute atomic E-state index is 0.481. The zero-order valence-corrected chi connectivity index (χ0v) is 11.4. The maximum atomic E-state index is 4.40. The van der Waals surface area contributed by atoms with Gasteiger partial charge < -0.3 is 5.32 Å². The summed E-state index contributed by atoms with van der Waals surface area (Å²) in [6.45, 7) is 5.56. The number of aromatic nitrogens is 2. The summed E-state index contributed by atoms with van der Waals surface area (Å²) in [5.74, 6) is 0.618. The standard InChI is InChI=1S/C11H18IN3/c1-8(2)11(6-13-10-3-4-10)15-7-9(12)5-14-15/h5,7-8,10-11,13H,3-4,6H2,1-2H3. The van der Waals surface area contributed by atoms with Crippen molar-refractivity contribution in [3.05, 3.63) is 16.0 Å². The van der Waals surface area contributed by atoms with Crippen molar-refractivity contribution < 1.29 is 0 Å². The molecule has 1 aliphatic rings. The first-order chi connectivity index (χ1) is 7.16. The monoisotopic (exact) mass is 319 g/mol. The number of halogens is 1. The normalized spacial score (nSPS) is 18.4. The van der Waals surface area contributed by atoms with E-state index in [9.17, 15) is 0 Å². The second kappa shape index (κ2) is 4.82. The largest absolute Gasteiger partial charge is 0.312 e. The lowest BCUT2D eigenvalue weighted by Gasteiger charge is -2.21. The number of hydrogen-bond donors (Lipinski definition) is 1. The van der Waals surface area contributed by atoms with Crippen molar-refractivity contribution in [1.82, 2.24) is 15.1 Å². The first-order valence-corrected chi connectivity index (χ1v) is 6.67. The van der Waals surface area contributed by atoms with E-state index in [1.54, 1.807) is 0 Å². The molecule has 0 aliphatic heterocycles. The van der Waals surface area contributed by atoms with Crippen molar-refractivity contribution >= 4 is 22.6 Å². The molecule has 1 aromatic rings. The molecule has 0 spiro atoms. The molecule has 0 amide bonds. The van der Waals surface area contributed by atoms with Crippen LogP contribution < -0.4 is 5.32 Å². The van der Waals surface area contributed by atoms with Crippen molar-refractivity contribution in [2.75, 3.05) is 6.54 Å². The quantitative estimate of drug-likeness (QED) is 0.845. The summed E-state index contributed by atoms with van der Waals surface area (Å²) in [4.78, 5) is 0. The van der Waals surface area contributed by atoms with Crippen molar-refractivity contribution in [2.45, 2.75) is 38.8 Å². The van der Waals surface area contributed by atoms with Crippen molar-refractivity contribution in [2.24, 2.45) is 5.92 Å². The van der Waals surface area contributed by atoms with E-state index in [4.69, 9.17) is 0 Å². The number of nitrogens with zero attached hydrogens (tertiary/aromatic N) is 2. The van der Waals surface area contributed by atoms with E-state index in [-0.39, 0.29) is 0 Å². The van der Waals surface area contributed by atoms with Gasteiger partial charge in [0.2, 0.25) is 0 Å². The van der Waals surface area contributed by atoms with Crippen LogP contribution >= 0.6 is 22.6 Å². The Kier molecular flexibility index (Phi) is 3.66. The van der Waals surface area contributed by atoms with E-state index in [2.05, 4.69) is 57.7 Å². The van der Waals surface area contributed by atoms with Gasteiger partial charge in [0.05, 0.1) is 15.8 Å². The lowest BCUT2D eigenvalue weighted by Crippen LogP contribution is -2.30. The van der Waals surface area contributed by atoms with Gasteiger partial charge in [-0.25, -0.2) is 0 Å². The number of hydrogen-bond acceptors (Lipinski definition) is 2. The molecule has 1 aliphatic carbocycles. The lowest BCUT2D eigenvalue weighted by molar-refractivity contribution is 0.329. The van der Waals surface area contributed by atoms with Crippen LogP contribution in [0.2, 0.25) is 0 Å². The fraction of sp³-hybridized carbons (Fsp3) is 0.727. The van der Waals surface area contributed by atoms with E-state index in [0.717, 1.165) is 12.6 Å². The summed E-state index contributed by atoms with van der Waals surface area (Å²) in [6.07, 6.45) is 6.75. The Morgan fingerprint density at radius 1 is 1.60 bits per heavy atom. The van der Waals surface area contributed by atoms with E-state index < -0.39 is 0 Å². The van der Waals surface area contributed by atoms with Gasteiger partial charge in [-0.05, 0) is 41.4 Å². The molecule has 84 valence electrons. The van der Waals surface area contributed by atoms with Crippen LogP contribution in [0.4, 0.5) is 0 Å². The molecule has 1 N–H and O–H groups in total. The van der Waals surface area contributed by atoms with Gasteiger partial charge in [0, 0.05) is 18.8 Å². The van der Waals surface area contributed by atoms with Crippen LogP contribution in [0, 0.1) is 9.49 Å². The highest BCUT2D eigenvalue weighted by Gasteiger charge is 2.23. The van der Waals surface area contributed by atoms with Crippen LogP contribution in [-0.4, -0.2) is 22.4 Å². The van der Waals surface area contributed by atoms with Crippen molar-refractivity contribution in [3.63, 3.8) is 0 Å². The van der Waals surface area contributed by atoms with Gasteiger partial charge >= 0.3 is 0 Å². The molecular weight excluding hydrogens is 301 g/mol. The molecule has 0 saturated heterocycles. The molecule has 15 heavy (non-hydrogen) atoms. The molecule has 1 aromatic heterocycles. The van der Waals surface area contributed by atoms with E-state index in [1.807, 2.05) is 6.20 Å². The Hall–Kier alpha value is -0.100. The minimum Gasteiger partial charge on any atom is -0.312 e. The third-order valence-electron chi connectivity index (χ3n) is 2.87. The van der Waals surface area contributed by atoms with Crippen LogP contribution in [-0.2, 0) is 0 Å². The summed E-state index contributed by atoms with van der Waals surface area (Å²) in [5, 5.41) is 7.99. The predicted molar refractivity (Wildman–Crippen MR) is 69.8 cm³/mol. The average Bonchev–Trinajstić information content (AvgIpc) is 2.89. The Bertz CT molecular complexity index is 317. The highest BCUT2D eigenvalue weighted by atomic mass is 127. The van der Waals surface area contributed by atoms with E-state index >= 15 is 0 Å². The zero-order chi connectivity index (χ0) is 10.8. The number of nitrogens with one attached hydrogen (secondary N) is 1. The summed E-state index contributed by atoms with van der Waals surface area (Å²) in [7, 11) is 0. The molecule has 1 fully saturated rings. The van der Waals surface area contributed by atoms with Crippen LogP contribution in [0.1, 0.15) is 32.7 Å². The minimum atomic E-state index is 0.481. The van der Waals surface area contributed by atoms with Gasteiger partial charge in [-0.15, -0.1) is 0 Å². The Morgan fingerprint density at radius 2 is 2.33 bits per heavy atom. The van der Waals surface area contributed by atoms with E-state index in [0.29, 0.717) is 12.0 Å². The number of rotatable bonds is 5. The van der Waals surface area contributed by atoms with Crippen molar-refractivity contribution in [1.29, 1.82) is 0 Å². The first kappa shape index (κ1) is 11.4. The maximum Gasteiger partial charge on any atom is 0.0666 e. The zero-order valence-electron chi connectivity index (χ0n) is 9.28.